The summed E-state index contributed by atoms with van der Waals surface area (Å²) in [5.41, 5.74) is 8.78. The Bertz CT molecular complexity index is 600. The average molecular weight is 271 g/mol. The summed E-state index contributed by atoms with van der Waals surface area (Å²) in [7, 11) is 0. The van der Waals surface area contributed by atoms with Crippen LogP contribution in [0.25, 0.3) is 0 Å². The zero-order valence-corrected chi connectivity index (χ0v) is 11.2. The van der Waals surface area contributed by atoms with Crippen molar-refractivity contribution in [3.63, 3.8) is 0 Å². The van der Waals surface area contributed by atoms with Gasteiger partial charge in [-0.15, -0.1) is 0 Å². The van der Waals surface area contributed by atoms with Gasteiger partial charge in [-0.3, -0.25) is 0 Å². The Labute approximate surface area is 117 Å². The van der Waals surface area contributed by atoms with Gasteiger partial charge in [0.1, 0.15) is 0 Å². The van der Waals surface area contributed by atoms with E-state index in [2.05, 4.69) is 34.4 Å². The number of aromatic nitrogens is 2. The lowest BCUT2D eigenvalue weighted by Crippen LogP contribution is -2.27. The van der Waals surface area contributed by atoms with Gasteiger partial charge in [0.15, 0.2) is 5.82 Å². The van der Waals surface area contributed by atoms with E-state index in [1.165, 1.54) is 11.1 Å². The van der Waals surface area contributed by atoms with Crippen molar-refractivity contribution in [3.8, 4) is 0 Å². The smallest absolute Gasteiger partial charge is 0.233 e. The lowest BCUT2D eigenvalue weighted by atomic mass is 10.0. The summed E-state index contributed by atoms with van der Waals surface area (Å²) in [5.74, 6) is 1.79. The molecule has 2 aromatic rings. The molecular formula is C15H17N3O2. The van der Waals surface area contributed by atoms with Crippen LogP contribution in [0, 0.1) is 0 Å². The molecule has 0 radical (unpaired) electrons. The van der Waals surface area contributed by atoms with E-state index in [-0.39, 0.29) is 12.0 Å². The Morgan fingerprint density at radius 3 is 2.50 bits per heavy atom. The van der Waals surface area contributed by atoms with Gasteiger partial charge in [-0.2, -0.15) is 4.98 Å². The maximum absolute atomic E-state index is 5.99. The van der Waals surface area contributed by atoms with Crippen molar-refractivity contribution in [2.24, 2.45) is 5.73 Å². The topological polar surface area (TPSA) is 74.2 Å². The zero-order valence-electron chi connectivity index (χ0n) is 11.2. The first-order chi connectivity index (χ1) is 9.81. The molecule has 2 N–H and O–H groups in total. The molecule has 1 aliphatic heterocycles. The highest BCUT2D eigenvalue weighted by Gasteiger charge is 2.33. The second-order valence-corrected chi connectivity index (χ2v) is 5.67. The van der Waals surface area contributed by atoms with Crippen molar-refractivity contribution < 1.29 is 9.26 Å². The Hall–Kier alpha value is -1.72. The standard InChI is InChI=1S/C15H17N3O2/c16-13-8-19-7-12(13)15-17-14(18-20-15)11-5-9-3-1-2-4-10(9)6-11/h1-4,11-13H,5-8,16H2. The number of rotatable bonds is 2. The summed E-state index contributed by atoms with van der Waals surface area (Å²) in [6.07, 6.45) is 1.98. The molecule has 2 aliphatic rings. The minimum Gasteiger partial charge on any atom is -0.379 e. The largest absolute Gasteiger partial charge is 0.379 e. The SMILES string of the molecule is NC1COCC1c1nc(C2Cc3ccccc3C2)no1. The van der Waals surface area contributed by atoms with E-state index in [9.17, 15) is 0 Å². The van der Waals surface area contributed by atoms with E-state index in [0.29, 0.717) is 25.0 Å². The molecule has 5 heteroatoms. The van der Waals surface area contributed by atoms with E-state index in [1.807, 2.05) is 0 Å². The summed E-state index contributed by atoms with van der Waals surface area (Å²) in [5, 5.41) is 4.16. The van der Waals surface area contributed by atoms with Crippen LogP contribution >= 0.6 is 0 Å². The van der Waals surface area contributed by atoms with Crippen LogP contribution in [0.15, 0.2) is 28.8 Å². The second-order valence-electron chi connectivity index (χ2n) is 5.67. The number of nitrogens with two attached hydrogens (primary N) is 1. The molecule has 5 nitrogen and oxygen atoms in total. The number of nitrogens with zero attached hydrogens (tertiary/aromatic N) is 2. The summed E-state index contributed by atoms with van der Waals surface area (Å²) in [4.78, 5) is 4.57. The number of fused-ring (bicyclic) bond motifs is 1. The van der Waals surface area contributed by atoms with Crippen LogP contribution in [0.1, 0.15) is 34.7 Å². The van der Waals surface area contributed by atoms with Crippen LogP contribution in [0.4, 0.5) is 0 Å². The third kappa shape index (κ3) is 1.94. The molecule has 0 bridgehead atoms. The van der Waals surface area contributed by atoms with Gasteiger partial charge in [0.25, 0.3) is 0 Å². The highest BCUT2D eigenvalue weighted by molar-refractivity contribution is 5.34. The van der Waals surface area contributed by atoms with Gasteiger partial charge in [-0.1, -0.05) is 29.4 Å². The summed E-state index contributed by atoms with van der Waals surface area (Å²) in [6, 6.07) is 8.48. The minimum atomic E-state index is -0.0379. The molecule has 20 heavy (non-hydrogen) atoms. The third-order valence-electron chi connectivity index (χ3n) is 4.32. The normalized spacial score (nSPS) is 26.1. The first kappa shape index (κ1) is 12.1. The summed E-state index contributed by atoms with van der Waals surface area (Å²) in [6.45, 7) is 1.14. The van der Waals surface area contributed by atoms with Gasteiger partial charge >= 0.3 is 0 Å². The monoisotopic (exact) mass is 271 g/mol. The first-order valence-corrected chi connectivity index (χ1v) is 7.05. The van der Waals surface area contributed by atoms with Crippen molar-refractivity contribution in [2.45, 2.75) is 30.7 Å². The molecule has 2 heterocycles. The third-order valence-corrected chi connectivity index (χ3v) is 4.32. The van der Waals surface area contributed by atoms with E-state index < -0.39 is 0 Å². The molecule has 0 saturated carbocycles. The fourth-order valence-electron chi connectivity index (χ4n) is 3.13. The highest BCUT2D eigenvalue weighted by atomic mass is 16.5. The van der Waals surface area contributed by atoms with Gasteiger partial charge in [0.2, 0.25) is 5.89 Å². The molecular weight excluding hydrogens is 254 g/mol. The van der Waals surface area contributed by atoms with Crippen molar-refractivity contribution in [3.05, 3.63) is 47.1 Å². The van der Waals surface area contributed by atoms with Crippen LogP contribution in [0.2, 0.25) is 0 Å². The summed E-state index contributed by atoms with van der Waals surface area (Å²) < 4.78 is 10.8. The van der Waals surface area contributed by atoms with Crippen LogP contribution in [-0.2, 0) is 17.6 Å². The average Bonchev–Trinajstić information content (AvgIpc) is 3.15. The van der Waals surface area contributed by atoms with Gasteiger partial charge in [0.05, 0.1) is 19.1 Å². The number of hydrogen-bond donors (Lipinski definition) is 1. The van der Waals surface area contributed by atoms with E-state index in [4.69, 9.17) is 15.0 Å². The maximum Gasteiger partial charge on any atom is 0.233 e. The number of ether oxygens (including phenoxy) is 1. The van der Waals surface area contributed by atoms with Crippen LogP contribution in [-0.4, -0.2) is 29.4 Å². The number of benzene rings is 1. The van der Waals surface area contributed by atoms with Crippen LogP contribution < -0.4 is 5.73 Å². The molecule has 0 amide bonds. The van der Waals surface area contributed by atoms with Crippen molar-refractivity contribution in [1.82, 2.24) is 10.1 Å². The molecule has 1 aliphatic carbocycles. The van der Waals surface area contributed by atoms with Gasteiger partial charge in [0, 0.05) is 12.0 Å². The Balaban J connectivity index is 1.55. The molecule has 1 aromatic heterocycles. The van der Waals surface area contributed by atoms with Crippen molar-refractivity contribution >= 4 is 0 Å². The quantitative estimate of drug-likeness (QED) is 0.893. The molecule has 1 aromatic carbocycles. The predicted molar refractivity (Wildman–Crippen MR) is 72.4 cm³/mol. The van der Waals surface area contributed by atoms with Gasteiger partial charge in [-0.05, 0) is 24.0 Å². The molecule has 2 unspecified atom stereocenters. The fourth-order valence-corrected chi connectivity index (χ4v) is 3.13. The molecule has 104 valence electrons. The van der Waals surface area contributed by atoms with Gasteiger partial charge in [-0.25, -0.2) is 0 Å². The molecule has 4 rings (SSSR count). The molecule has 0 spiro atoms. The zero-order chi connectivity index (χ0) is 13.5. The second kappa shape index (κ2) is 4.68. The minimum absolute atomic E-state index is 0.0379. The lowest BCUT2D eigenvalue weighted by molar-refractivity contribution is 0.187. The fraction of sp³-hybridized carbons (Fsp3) is 0.467. The molecule has 1 saturated heterocycles. The van der Waals surface area contributed by atoms with E-state index in [0.717, 1.165) is 18.7 Å². The van der Waals surface area contributed by atoms with Crippen LogP contribution in [0.3, 0.4) is 0 Å². The predicted octanol–water partition coefficient (Wildman–Crippen LogP) is 1.39. The highest BCUT2D eigenvalue weighted by Crippen LogP contribution is 2.33. The van der Waals surface area contributed by atoms with E-state index in [1.54, 1.807) is 0 Å². The van der Waals surface area contributed by atoms with Gasteiger partial charge < -0.3 is 15.0 Å². The first-order valence-electron chi connectivity index (χ1n) is 7.05. The lowest BCUT2D eigenvalue weighted by Gasteiger charge is -2.06. The van der Waals surface area contributed by atoms with Crippen molar-refractivity contribution in [2.75, 3.05) is 13.2 Å². The Morgan fingerprint density at radius 1 is 1.10 bits per heavy atom. The van der Waals surface area contributed by atoms with Crippen LogP contribution in [0.5, 0.6) is 0 Å². The maximum atomic E-state index is 5.99. The Kier molecular flexibility index (Phi) is 2.82. The number of hydrogen-bond acceptors (Lipinski definition) is 5. The summed E-state index contributed by atoms with van der Waals surface area (Å²) >= 11 is 0. The Morgan fingerprint density at radius 2 is 1.85 bits per heavy atom. The molecule has 1 fully saturated rings. The molecule has 2 atom stereocenters. The van der Waals surface area contributed by atoms with Crippen molar-refractivity contribution in [1.29, 1.82) is 0 Å². The van der Waals surface area contributed by atoms with E-state index >= 15 is 0 Å².